The lowest BCUT2D eigenvalue weighted by Crippen LogP contribution is -2.33. The van der Waals surface area contributed by atoms with Crippen LogP contribution in [0.1, 0.15) is 62.0 Å². The first-order valence-electron chi connectivity index (χ1n) is 9.82. The van der Waals surface area contributed by atoms with E-state index in [0.717, 1.165) is 22.3 Å². The molecule has 0 fully saturated rings. The van der Waals surface area contributed by atoms with Crippen LogP contribution < -0.4 is 10.5 Å². The van der Waals surface area contributed by atoms with Gasteiger partial charge in [-0.1, -0.05) is 45.9 Å². The zero-order valence-electron chi connectivity index (χ0n) is 17.0. The number of benzene rings is 3. The van der Waals surface area contributed by atoms with Crippen molar-refractivity contribution in [1.29, 1.82) is 0 Å². The van der Waals surface area contributed by atoms with Crippen molar-refractivity contribution in [2.24, 2.45) is 5.73 Å². The van der Waals surface area contributed by atoms with Gasteiger partial charge in [-0.15, -0.1) is 0 Å². The molecule has 0 aromatic heterocycles. The van der Waals surface area contributed by atoms with E-state index in [1.165, 1.54) is 24.0 Å². The SMILES string of the molecule is CC1(C)CCC(C)(C)c2cc(Oc3ccc4cc(C(N)=O)ccc4c3)ccc21. The van der Waals surface area contributed by atoms with Crippen LogP contribution in [0.4, 0.5) is 0 Å². The molecule has 1 amide bonds. The fraction of sp³-hybridized carbons (Fsp3) is 0.320. The monoisotopic (exact) mass is 373 g/mol. The van der Waals surface area contributed by atoms with Crippen molar-refractivity contribution in [3.63, 3.8) is 0 Å². The zero-order chi connectivity index (χ0) is 20.1. The van der Waals surface area contributed by atoms with Crippen LogP contribution in [-0.2, 0) is 10.8 Å². The normalized spacial score (nSPS) is 17.1. The van der Waals surface area contributed by atoms with E-state index in [4.69, 9.17) is 10.5 Å². The molecule has 0 radical (unpaired) electrons. The van der Waals surface area contributed by atoms with Crippen molar-refractivity contribution < 1.29 is 9.53 Å². The van der Waals surface area contributed by atoms with Crippen molar-refractivity contribution >= 4 is 16.7 Å². The minimum atomic E-state index is -0.415. The molecule has 3 nitrogen and oxygen atoms in total. The van der Waals surface area contributed by atoms with Gasteiger partial charge in [-0.2, -0.15) is 0 Å². The zero-order valence-corrected chi connectivity index (χ0v) is 17.0. The molecule has 0 saturated heterocycles. The van der Waals surface area contributed by atoms with Crippen LogP contribution in [0.25, 0.3) is 10.8 Å². The summed E-state index contributed by atoms with van der Waals surface area (Å²) in [7, 11) is 0. The van der Waals surface area contributed by atoms with Gasteiger partial charge in [-0.3, -0.25) is 4.79 Å². The van der Waals surface area contributed by atoms with Gasteiger partial charge in [0.25, 0.3) is 0 Å². The Balaban J connectivity index is 1.68. The molecule has 0 saturated carbocycles. The summed E-state index contributed by atoms with van der Waals surface area (Å²) in [5.41, 5.74) is 9.04. The third-order valence-corrected chi connectivity index (χ3v) is 6.16. The summed E-state index contributed by atoms with van der Waals surface area (Å²) in [5.74, 6) is 1.23. The highest BCUT2D eigenvalue weighted by atomic mass is 16.5. The van der Waals surface area contributed by atoms with Crippen LogP contribution >= 0.6 is 0 Å². The Hall–Kier alpha value is -2.81. The lowest BCUT2D eigenvalue weighted by Gasteiger charge is -2.41. The summed E-state index contributed by atoms with van der Waals surface area (Å²) >= 11 is 0. The van der Waals surface area contributed by atoms with E-state index in [1.807, 2.05) is 30.3 Å². The van der Waals surface area contributed by atoms with E-state index in [-0.39, 0.29) is 10.8 Å². The summed E-state index contributed by atoms with van der Waals surface area (Å²) in [6, 6.07) is 17.9. The summed E-state index contributed by atoms with van der Waals surface area (Å²) in [4.78, 5) is 11.4. The second kappa shape index (κ2) is 6.37. The van der Waals surface area contributed by atoms with Gasteiger partial charge in [-0.25, -0.2) is 0 Å². The third-order valence-electron chi connectivity index (χ3n) is 6.16. The Morgan fingerprint density at radius 3 is 2.07 bits per heavy atom. The van der Waals surface area contributed by atoms with E-state index in [2.05, 4.69) is 45.9 Å². The first kappa shape index (κ1) is 18.5. The van der Waals surface area contributed by atoms with E-state index < -0.39 is 5.91 Å². The average Bonchev–Trinajstić information content (AvgIpc) is 2.65. The van der Waals surface area contributed by atoms with E-state index in [1.54, 1.807) is 6.07 Å². The molecule has 0 bridgehead atoms. The highest BCUT2D eigenvalue weighted by Gasteiger charge is 2.37. The van der Waals surface area contributed by atoms with Gasteiger partial charge < -0.3 is 10.5 Å². The Morgan fingerprint density at radius 1 is 0.786 bits per heavy atom. The quantitative estimate of drug-likeness (QED) is 0.605. The molecule has 3 aromatic carbocycles. The number of amides is 1. The number of primary amides is 1. The number of carbonyl (C=O) groups is 1. The maximum atomic E-state index is 11.4. The number of rotatable bonds is 3. The van der Waals surface area contributed by atoms with E-state index in [0.29, 0.717) is 5.56 Å². The van der Waals surface area contributed by atoms with E-state index >= 15 is 0 Å². The highest BCUT2D eigenvalue weighted by Crippen LogP contribution is 2.47. The first-order chi connectivity index (χ1) is 13.2. The molecule has 0 unspecified atom stereocenters. The fourth-order valence-electron chi connectivity index (χ4n) is 4.21. The standard InChI is InChI=1S/C25H27NO2/c1-24(2)11-12-25(3,4)22-15-20(9-10-21(22)24)28-19-8-7-16-13-18(23(26)27)6-5-17(16)14-19/h5-10,13-15H,11-12H2,1-4H3,(H2,26,27). The molecule has 0 aliphatic heterocycles. The molecular formula is C25H27NO2. The average molecular weight is 373 g/mol. The summed E-state index contributed by atoms with van der Waals surface area (Å²) < 4.78 is 6.20. The smallest absolute Gasteiger partial charge is 0.248 e. The molecule has 1 aliphatic rings. The van der Waals surface area contributed by atoms with Crippen LogP contribution in [0.15, 0.2) is 54.6 Å². The van der Waals surface area contributed by atoms with E-state index in [9.17, 15) is 4.79 Å². The Morgan fingerprint density at radius 2 is 1.36 bits per heavy atom. The Labute approximate surface area is 166 Å². The van der Waals surface area contributed by atoms with Gasteiger partial charge in [0.1, 0.15) is 11.5 Å². The number of hydrogen-bond donors (Lipinski definition) is 1. The van der Waals surface area contributed by atoms with Gasteiger partial charge in [0, 0.05) is 5.56 Å². The van der Waals surface area contributed by atoms with Crippen molar-refractivity contribution in [3.05, 3.63) is 71.3 Å². The summed E-state index contributed by atoms with van der Waals surface area (Å²) in [6.45, 7) is 9.28. The minimum absolute atomic E-state index is 0.152. The van der Waals surface area contributed by atoms with Crippen molar-refractivity contribution in [2.75, 3.05) is 0 Å². The van der Waals surface area contributed by atoms with Gasteiger partial charge in [0.2, 0.25) is 5.91 Å². The molecule has 28 heavy (non-hydrogen) atoms. The maximum absolute atomic E-state index is 11.4. The van der Waals surface area contributed by atoms with Crippen molar-refractivity contribution in [2.45, 2.75) is 51.4 Å². The Bertz CT molecular complexity index is 1080. The molecule has 3 heteroatoms. The second-order valence-electron chi connectivity index (χ2n) is 9.17. The van der Waals surface area contributed by atoms with Crippen LogP contribution in [0.2, 0.25) is 0 Å². The largest absolute Gasteiger partial charge is 0.457 e. The van der Waals surface area contributed by atoms with Gasteiger partial charge in [0.05, 0.1) is 0 Å². The molecule has 0 heterocycles. The first-order valence-corrected chi connectivity index (χ1v) is 9.82. The number of ether oxygens (including phenoxy) is 1. The summed E-state index contributed by atoms with van der Waals surface area (Å²) in [5, 5.41) is 1.99. The molecule has 0 atom stereocenters. The molecule has 144 valence electrons. The molecule has 2 N–H and O–H groups in total. The predicted octanol–water partition coefficient (Wildman–Crippen LogP) is 6.08. The maximum Gasteiger partial charge on any atom is 0.248 e. The lowest BCUT2D eigenvalue weighted by molar-refractivity contribution is 0.100. The Kier molecular flexibility index (Phi) is 4.22. The van der Waals surface area contributed by atoms with Gasteiger partial charge in [0.15, 0.2) is 0 Å². The topological polar surface area (TPSA) is 52.3 Å². The highest BCUT2D eigenvalue weighted by molar-refractivity contribution is 5.97. The number of nitrogens with two attached hydrogens (primary N) is 1. The molecule has 1 aliphatic carbocycles. The lowest BCUT2D eigenvalue weighted by atomic mass is 9.63. The number of carbonyl (C=O) groups excluding carboxylic acids is 1. The van der Waals surface area contributed by atoms with Gasteiger partial charge in [-0.05, 0) is 82.0 Å². The number of fused-ring (bicyclic) bond motifs is 2. The van der Waals surface area contributed by atoms with Gasteiger partial charge >= 0.3 is 0 Å². The van der Waals surface area contributed by atoms with Crippen LogP contribution in [0.5, 0.6) is 11.5 Å². The van der Waals surface area contributed by atoms with Crippen LogP contribution in [-0.4, -0.2) is 5.91 Å². The van der Waals surface area contributed by atoms with Crippen LogP contribution in [0, 0.1) is 0 Å². The third kappa shape index (κ3) is 3.26. The molecule has 3 aromatic rings. The second-order valence-corrected chi connectivity index (χ2v) is 9.17. The molecular weight excluding hydrogens is 346 g/mol. The molecule has 0 spiro atoms. The van der Waals surface area contributed by atoms with Crippen molar-refractivity contribution in [1.82, 2.24) is 0 Å². The summed E-state index contributed by atoms with van der Waals surface area (Å²) in [6.07, 6.45) is 2.37. The molecule has 4 rings (SSSR count). The fourth-order valence-corrected chi connectivity index (χ4v) is 4.21. The van der Waals surface area contributed by atoms with Crippen LogP contribution in [0.3, 0.4) is 0 Å². The van der Waals surface area contributed by atoms with Crippen molar-refractivity contribution in [3.8, 4) is 11.5 Å². The number of hydrogen-bond acceptors (Lipinski definition) is 2. The predicted molar refractivity (Wildman–Crippen MR) is 114 cm³/mol. The minimum Gasteiger partial charge on any atom is -0.457 e.